The lowest BCUT2D eigenvalue weighted by molar-refractivity contribution is 0.0980. The van der Waals surface area contributed by atoms with Gasteiger partial charge < -0.3 is 19.7 Å². The number of ether oxygens (including phenoxy) is 2. The number of aromatic nitrogens is 2. The largest absolute Gasteiger partial charge is 0.454 e. The summed E-state index contributed by atoms with van der Waals surface area (Å²) < 4.78 is 10.7. The highest BCUT2D eigenvalue weighted by Gasteiger charge is 2.24. The van der Waals surface area contributed by atoms with Crippen LogP contribution in [0.2, 0.25) is 0 Å². The predicted molar refractivity (Wildman–Crippen MR) is 104 cm³/mol. The number of fused-ring (bicyclic) bond motifs is 2. The topological polar surface area (TPSA) is 76.6 Å². The fourth-order valence-corrected chi connectivity index (χ4v) is 3.52. The molecular formula is C21H18N4O3. The van der Waals surface area contributed by atoms with Crippen LogP contribution < -0.4 is 19.7 Å². The molecule has 3 heterocycles. The van der Waals surface area contributed by atoms with E-state index in [9.17, 15) is 4.79 Å². The molecule has 0 unspecified atom stereocenters. The molecule has 0 fully saturated rings. The molecule has 0 atom stereocenters. The molecule has 1 N–H and O–H groups in total. The first kappa shape index (κ1) is 16.6. The molecular weight excluding hydrogens is 356 g/mol. The number of rotatable bonds is 3. The molecule has 5 rings (SSSR count). The van der Waals surface area contributed by atoms with E-state index in [0.29, 0.717) is 29.7 Å². The fourth-order valence-electron chi connectivity index (χ4n) is 3.52. The van der Waals surface area contributed by atoms with Crippen molar-refractivity contribution in [3.8, 4) is 11.5 Å². The lowest BCUT2D eigenvalue weighted by Gasteiger charge is -2.29. The highest BCUT2D eigenvalue weighted by atomic mass is 16.7. The molecule has 0 radical (unpaired) electrons. The number of para-hydroxylation sites is 1. The van der Waals surface area contributed by atoms with Crippen LogP contribution in [-0.2, 0) is 6.42 Å². The van der Waals surface area contributed by atoms with Gasteiger partial charge in [-0.1, -0.05) is 18.2 Å². The summed E-state index contributed by atoms with van der Waals surface area (Å²) in [5.41, 5.74) is 3.27. The van der Waals surface area contributed by atoms with Crippen molar-refractivity contribution in [1.82, 2.24) is 9.97 Å². The van der Waals surface area contributed by atoms with E-state index < -0.39 is 0 Å². The average Bonchev–Trinajstić information content (AvgIpc) is 3.21. The number of hydrogen-bond acceptors (Lipinski definition) is 6. The lowest BCUT2D eigenvalue weighted by atomic mass is 10.0. The SMILES string of the molecule is O=C(c1ccnc(Nc2ccc3c(c2)OCO3)n1)N1CCCc2ccccc21. The van der Waals surface area contributed by atoms with E-state index in [4.69, 9.17) is 9.47 Å². The Bertz CT molecular complexity index is 1050. The second-order valence-electron chi connectivity index (χ2n) is 6.65. The zero-order chi connectivity index (χ0) is 18.9. The van der Waals surface area contributed by atoms with Gasteiger partial charge in [-0.3, -0.25) is 4.79 Å². The van der Waals surface area contributed by atoms with Crippen LogP contribution in [0.4, 0.5) is 17.3 Å². The van der Waals surface area contributed by atoms with E-state index >= 15 is 0 Å². The number of carbonyl (C=O) groups excluding carboxylic acids is 1. The van der Waals surface area contributed by atoms with Crippen LogP contribution in [-0.4, -0.2) is 29.2 Å². The van der Waals surface area contributed by atoms with Crippen molar-refractivity contribution in [3.05, 3.63) is 66.0 Å². The van der Waals surface area contributed by atoms with E-state index in [1.54, 1.807) is 17.2 Å². The highest BCUT2D eigenvalue weighted by molar-refractivity contribution is 6.05. The highest BCUT2D eigenvalue weighted by Crippen LogP contribution is 2.35. The quantitative estimate of drug-likeness (QED) is 0.756. The van der Waals surface area contributed by atoms with Crippen LogP contribution in [0.15, 0.2) is 54.7 Å². The smallest absolute Gasteiger partial charge is 0.277 e. The Balaban J connectivity index is 1.39. The number of anilines is 3. The summed E-state index contributed by atoms with van der Waals surface area (Å²) in [6, 6.07) is 15.2. The maximum atomic E-state index is 13.1. The number of nitrogens with zero attached hydrogens (tertiary/aromatic N) is 3. The molecule has 0 saturated carbocycles. The molecule has 0 bridgehead atoms. The Hall–Kier alpha value is -3.61. The van der Waals surface area contributed by atoms with Gasteiger partial charge in [0.15, 0.2) is 11.5 Å². The van der Waals surface area contributed by atoms with Crippen molar-refractivity contribution in [2.24, 2.45) is 0 Å². The fraction of sp³-hybridized carbons (Fsp3) is 0.190. The summed E-state index contributed by atoms with van der Waals surface area (Å²) in [6.45, 7) is 0.904. The molecule has 0 aliphatic carbocycles. The Morgan fingerprint density at radius 3 is 2.93 bits per heavy atom. The molecule has 140 valence electrons. The average molecular weight is 374 g/mol. The third kappa shape index (κ3) is 3.00. The molecule has 2 aromatic carbocycles. The summed E-state index contributed by atoms with van der Waals surface area (Å²) in [6.07, 6.45) is 3.52. The third-order valence-corrected chi connectivity index (χ3v) is 4.86. The van der Waals surface area contributed by atoms with Gasteiger partial charge in [0, 0.05) is 30.2 Å². The summed E-state index contributed by atoms with van der Waals surface area (Å²) in [5.74, 6) is 1.61. The normalized spacial score (nSPS) is 14.5. The van der Waals surface area contributed by atoms with Crippen LogP contribution in [0.1, 0.15) is 22.5 Å². The number of amides is 1. The van der Waals surface area contributed by atoms with Crippen molar-refractivity contribution < 1.29 is 14.3 Å². The first-order valence-electron chi connectivity index (χ1n) is 9.17. The summed E-state index contributed by atoms with van der Waals surface area (Å²) in [4.78, 5) is 23.5. The summed E-state index contributed by atoms with van der Waals surface area (Å²) >= 11 is 0. The van der Waals surface area contributed by atoms with Crippen molar-refractivity contribution in [2.45, 2.75) is 12.8 Å². The molecule has 0 spiro atoms. The summed E-state index contributed by atoms with van der Waals surface area (Å²) in [5, 5.41) is 3.12. The summed E-state index contributed by atoms with van der Waals surface area (Å²) in [7, 11) is 0. The molecule has 7 nitrogen and oxygen atoms in total. The van der Waals surface area contributed by atoms with E-state index in [1.165, 1.54) is 5.56 Å². The van der Waals surface area contributed by atoms with Crippen LogP contribution in [0, 0.1) is 0 Å². The monoisotopic (exact) mass is 374 g/mol. The van der Waals surface area contributed by atoms with Gasteiger partial charge in [0.1, 0.15) is 5.69 Å². The predicted octanol–water partition coefficient (Wildman–Crippen LogP) is 3.54. The Labute approximate surface area is 161 Å². The molecule has 2 aliphatic heterocycles. The lowest BCUT2D eigenvalue weighted by Crippen LogP contribution is -2.36. The second-order valence-corrected chi connectivity index (χ2v) is 6.65. The van der Waals surface area contributed by atoms with Gasteiger partial charge in [-0.15, -0.1) is 0 Å². The van der Waals surface area contributed by atoms with E-state index in [2.05, 4.69) is 21.4 Å². The zero-order valence-electron chi connectivity index (χ0n) is 15.1. The van der Waals surface area contributed by atoms with Crippen LogP contribution in [0.3, 0.4) is 0 Å². The molecule has 3 aromatic rings. The Morgan fingerprint density at radius 2 is 1.96 bits per heavy atom. The van der Waals surface area contributed by atoms with Crippen LogP contribution in [0.25, 0.3) is 0 Å². The van der Waals surface area contributed by atoms with E-state index in [0.717, 1.165) is 24.2 Å². The maximum Gasteiger partial charge on any atom is 0.277 e. The maximum absolute atomic E-state index is 13.1. The van der Waals surface area contributed by atoms with Crippen LogP contribution >= 0.6 is 0 Å². The minimum absolute atomic E-state index is 0.122. The molecule has 28 heavy (non-hydrogen) atoms. The van der Waals surface area contributed by atoms with Crippen molar-refractivity contribution >= 4 is 23.2 Å². The van der Waals surface area contributed by atoms with E-state index in [1.807, 2.05) is 36.4 Å². The minimum atomic E-state index is -0.122. The van der Waals surface area contributed by atoms with Gasteiger partial charge in [-0.05, 0) is 42.7 Å². The Kier molecular flexibility index (Phi) is 4.05. The first-order chi connectivity index (χ1) is 13.8. The van der Waals surface area contributed by atoms with Crippen LogP contribution in [0.5, 0.6) is 11.5 Å². The van der Waals surface area contributed by atoms with Gasteiger partial charge >= 0.3 is 0 Å². The van der Waals surface area contributed by atoms with Crippen molar-refractivity contribution in [1.29, 1.82) is 0 Å². The molecule has 2 aliphatic rings. The number of carbonyl (C=O) groups is 1. The van der Waals surface area contributed by atoms with Gasteiger partial charge in [-0.2, -0.15) is 0 Å². The molecule has 1 aromatic heterocycles. The number of benzene rings is 2. The zero-order valence-corrected chi connectivity index (χ0v) is 15.1. The molecule has 7 heteroatoms. The van der Waals surface area contributed by atoms with E-state index in [-0.39, 0.29) is 12.7 Å². The molecule has 0 saturated heterocycles. The van der Waals surface area contributed by atoms with Gasteiger partial charge in [0.05, 0.1) is 0 Å². The van der Waals surface area contributed by atoms with Gasteiger partial charge in [0.2, 0.25) is 12.7 Å². The second kappa shape index (κ2) is 6.84. The first-order valence-corrected chi connectivity index (χ1v) is 9.17. The molecule has 1 amide bonds. The number of hydrogen-bond donors (Lipinski definition) is 1. The van der Waals surface area contributed by atoms with Gasteiger partial charge in [-0.25, -0.2) is 9.97 Å². The third-order valence-electron chi connectivity index (χ3n) is 4.86. The minimum Gasteiger partial charge on any atom is -0.454 e. The van der Waals surface area contributed by atoms with Crippen molar-refractivity contribution in [2.75, 3.05) is 23.6 Å². The number of nitrogens with one attached hydrogen (secondary N) is 1. The number of aryl methyl sites for hydroxylation is 1. The standard InChI is InChI=1S/C21H18N4O3/c26-20(25-11-3-5-14-4-1-2-6-17(14)25)16-9-10-22-21(24-16)23-15-7-8-18-19(12-15)28-13-27-18/h1-2,4,6-10,12H,3,5,11,13H2,(H,22,23,24). The van der Waals surface area contributed by atoms with Crippen molar-refractivity contribution in [3.63, 3.8) is 0 Å². The van der Waals surface area contributed by atoms with Gasteiger partial charge in [0.25, 0.3) is 5.91 Å². The Morgan fingerprint density at radius 1 is 1.07 bits per heavy atom.